The van der Waals surface area contributed by atoms with Crippen LogP contribution >= 0.6 is 15.9 Å². The zero-order valence-electron chi connectivity index (χ0n) is 11.3. The molecule has 100 valence electrons. The summed E-state index contributed by atoms with van der Waals surface area (Å²) in [5.41, 5.74) is 1.34. The minimum atomic E-state index is 0.900. The predicted molar refractivity (Wildman–Crippen MR) is 79.0 cm³/mol. The average molecular weight is 312 g/mol. The highest BCUT2D eigenvalue weighted by Gasteiger charge is 2.16. The smallest absolute Gasteiger partial charge is 0.133 e. The molecule has 1 aliphatic rings. The predicted octanol–water partition coefficient (Wildman–Crippen LogP) is 4.08. The minimum Gasteiger partial charge on any atom is -0.496 e. The third-order valence-corrected chi connectivity index (χ3v) is 4.33. The molecule has 3 heteroatoms. The Morgan fingerprint density at radius 2 is 2.06 bits per heavy atom. The molecule has 0 aromatic heterocycles. The number of methoxy groups -OCH3 is 1. The van der Waals surface area contributed by atoms with Crippen LogP contribution in [0.5, 0.6) is 5.75 Å². The van der Waals surface area contributed by atoms with E-state index in [-0.39, 0.29) is 0 Å². The number of hydrogen-bond acceptors (Lipinski definition) is 2. The molecule has 0 bridgehead atoms. The second-order valence-corrected chi connectivity index (χ2v) is 6.17. The van der Waals surface area contributed by atoms with Crippen molar-refractivity contribution in [1.29, 1.82) is 0 Å². The molecular formula is C15H22BrNO. The molecule has 1 aromatic rings. The van der Waals surface area contributed by atoms with Gasteiger partial charge in [0.05, 0.1) is 11.6 Å². The fourth-order valence-corrected chi connectivity index (χ4v) is 3.41. The highest BCUT2D eigenvalue weighted by Crippen LogP contribution is 2.27. The SMILES string of the molecule is COc1ccc(CN(C)CC2CCCC2)cc1Br. The van der Waals surface area contributed by atoms with Gasteiger partial charge in [-0.25, -0.2) is 0 Å². The number of benzene rings is 1. The van der Waals surface area contributed by atoms with E-state index in [1.165, 1.54) is 37.8 Å². The zero-order valence-corrected chi connectivity index (χ0v) is 12.9. The molecule has 2 nitrogen and oxygen atoms in total. The summed E-state index contributed by atoms with van der Waals surface area (Å²) in [4.78, 5) is 2.43. The lowest BCUT2D eigenvalue weighted by Crippen LogP contribution is -2.24. The normalized spacial score (nSPS) is 16.4. The Kier molecular flexibility index (Phi) is 5.07. The van der Waals surface area contributed by atoms with Crippen LogP contribution in [0.25, 0.3) is 0 Å². The molecule has 0 spiro atoms. The summed E-state index contributed by atoms with van der Waals surface area (Å²) in [5.74, 6) is 1.81. The summed E-state index contributed by atoms with van der Waals surface area (Å²) >= 11 is 3.54. The van der Waals surface area contributed by atoms with Gasteiger partial charge >= 0.3 is 0 Å². The summed E-state index contributed by atoms with van der Waals surface area (Å²) in [6.07, 6.45) is 5.67. The highest BCUT2D eigenvalue weighted by molar-refractivity contribution is 9.10. The fourth-order valence-electron chi connectivity index (χ4n) is 2.82. The first-order valence-electron chi connectivity index (χ1n) is 6.70. The first-order chi connectivity index (χ1) is 8.69. The summed E-state index contributed by atoms with van der Waals surface area (Å²) in [6.45, 7) is 2.24. The quantitative estimate of drug-likeness (QED) is 0.812. The molecule has 1 fully saturated rings. The van der Waals surface area contributed by atoms with Crippen LogP contribution in [0.15, 0.2) is 22.7 Å². The third kappa shape index (κ3) is 3.72. The molecule has 2 rings (SSSR count). The van der Waals surface area contributed by atoms with Crippen LogP contribution in [0.4, 0.5) is 0 Å². The van der Waals surface area contributed by atoms with E-state index in [9.17, 15) is 0 Å². The Hall–Kier alpha value is -0.540. The van der Waals surface area contributed by atoms with Gasteiger partial charge in [-0.15, -0.1) is 0 Å². The van der Waals surface area contributed by atoms with Gasteiger partial charge < -0.3 is 9.64 Å². The van der Waals surface area contributed by atoms with E-state index in [0.717, 1.165) is 22.7 Å². The Labute approximate surface area is 118 Å². The topological polar surface area (TPSA) is 12.5 Å². The molecule has 1 saturated carbocycles. The van der Waals surface area contributed by atoms with Crippen LogP contribution in [-0.4, -0.2) is 25.6 Å². The van der Waals surface area contributed by atoms with Crippen molar-refractivity contribution in [3.05, 3.63) is 28.2 Å². The Balaban J connectivity index is 1.89. The van der Waals surface area contributed by atoms with Gasteiger partial charge in [-0.3, -0.25) is 0 Å². The molecule has 0 aliphatic heterocycles. The van der Waals surface area contributed by atoms with Crippen molar-refractivity contribution in [1.82, 2.24) is 4.90 Å². The maximum Gasteiger partial charge on any atom is 0.133 e. The first-order valence-corrected chi connectivity index (χ1v) is 7.49. The third-order valence-electron chi connectivity index (χ3n) is 3.71. The Morgan fingerprint density at radius 1 is 1.33 bits per heavy atom. The van der Waals surface area contributed by atoms with E-state index >= 15 is 0 Å². The van der Waals surface area contributed by atoms with E-state index < -0.39 is 0 Å². The van der Waals surface area contributed by atoms with Crippen LogP contribution in [0.3, 0.4) is 0 Å². The zero-order chi connectivity index (χ0) is 13.0. The van der Waals surface area contributed by atoms with Gasteiger partial charge in [0.25, 0.3) is 0 Å². The van der Waals surface area contributed by atoms with E-state index in [1.807, 2.05) is 6.07 Å². The lowest BCUT2D eigenvalue weighted by atomic mass is 10.1. The summed E-state index contributed by atoms with van der Waals surface area (Å²) < 4.78 is 6.29. The maximum atomic E-state index is 5.25. The highest BCUT2D eigenvalue weighted by atomic mass is 79.9. The van der Waals surface area contributed by atoms with Crippen molar-refractivity contribution in [2.24, 2.45) is 5.92 Å². The standard InChI is InChI=1S/C15H22BrNO/c1-17(10-12-5-3-4-6-12)11-13-7-8-15(18-2)14(16)9-13/h7-9,12H,3-6,10-11H2,1-2H3. The molecule has 0 radical (unpaired) electrons. The second-order valence-electron chi connectivity index (χ2n) is 5.32. The van der Waals surface area contributed by atoms with Crippen LogP contribution in [0.1, 0.15) is 31.2 Å². The van der Waals surface area contributed by atoms with Crippen molar-refractivity contribution in [3.63, 3.8) is 0 Å². The number of rotatable bonds is 5. The first kappa shape index (κ1) is 13.9. The van der Waals surface area contributed by atoms with Gasteiger partial charge in [-0.05, 0) is 59.4 Å². The van der Waals surface area contributed by atoms with E-state index in [4.69, 9.17) is 4.74 Å². The lowest BCUT2D eigenvalue weighted by molar-refractivity contribution is 0.271. The van der Waals surface area contributed by atoms with Crippen LogP contribution in [0, 0.1) is 5.92 Å². The number of halogens is 1. The van der Waals surface area contributed by atoms with Gasteiger partial charge in [0.15, 0.2) is 0 Å². The van der Waals surface area contributed by atoms with Gasteiger partial charge in [-0.2, -0.15) is 0 Å². The lowest BCUT2D eigenvalue weighted by Gasteiger charge is -2.21. The number of nitrogens with zero attached hydrogens (tertiary/aromatic N) is 1. The van der Waals surface area contributed by atoms with E-state index in [0.29, 0.717) is 0 Å². The van der Waals surface area contributed by atoms with Crippen LogP contribution in [0.2, 0.25) is 0 Å². The molecule has 0 amide bonds. The maximum absolute atomic E-state index is 5.25. The Bertz CT molecular complexity index is 388. The van der Waals surface area contributed by atoms with Crippen molar-refractivity contribution < 1.29 is 4.74 Å². The summed E-state index contributed by atoms with van der Waals surface area (Å²) in [6, 6.07) is 6.33. The molecule has 1 aliphatic carbocycles. The van der Waals surface area contributed by atoms with E-state index in [2.05, 4.69) is 40.0 Å². The van der Waals surface area contributed by atoms with Crippen molar-refractivity contribution in [2.75, 3.05) is 20.7 Å². The number of ether oxygens (including phenoxy) is 1. The fraction of sp³-hybridized carbons (Fsp3) is 0.600. The van der Waals surface area contributed by atoms with Crippen molar-refractivity contribution in [2.45, 2.75) is 32.2 Å². The molecule has 1 aromatic carbocycles. The van der Waals surface area contributed by atoms with Gasteiger partial charge in [0.2, 0.25) is 0 Å². The van der Waals surface area contributed by atoms with E-state index in [1.54, 1.807) is 7.11 Å². The monoisotopic (exact) mass is 311 g/mol. The Morgan fingerprint density at radius 3 is 2.67 bits per heavy atom. The van der Waals surface area contributed by atoms with Crippen molar-refractivity contribution >= 4 is 15.9 Å². The minimum absolute atomic E-state index is 0.900. The van der Waals surface area contributed by atoms with Gasteiger partial charge in [0, 0.05) is 13.1 Å². The van der Waals surface area contributed by atoms with Gasteiger partial charge in [0.1, 0.15) is 5.75 Å². The average Bonchev–Trinajstić information content (AvgIpc) is 2.82. The molecule has 0 atom stereocenters. The summed E-state index contributed by atoms with van der Waals surface area (Å²) in [7, 11) is 3.92. The molecule has 0 saturated heterocycles. The summed E-state index contributed by atoms with van der Waals surface area (Å²) in [5, 5.41) is 0. The number of hydrogen-bond donors (Lipinski definition) is 0. The molecular weight excluding hydrogens is 290 g/mol. The molecule has 0 heterocycles. The molecule has 0 unspecified atom stereocenters. The van der Waals surface area contributed by atoms with Crippen molar-refractivity contribution in [3.8, 4) is 5.75 Å². The van der Waals surface area contributed by atoms with Crippen LogP contribution < -0.4 is 4.74 Å². The largest absolute Gasteiger partial charge is 0.496 e. The van der Waals surface area contributed by atoms with Gasteiger partial charge in [-0.1, -0.05) is 18.9 Å². The van der Waals surface area contributed by atoms with Crippen LogP contribution in [-0.2, 0) is 6.54 Å². The molecule has 0 N–H and O–H groups in total. The second kappa shape index (κ2) is 6.58. The molecule has 18 heavy (non-hydrogen) atoms.